The SMILES string of the molecule is C#CCC(N)CC(F)F.Cl. The van der Waals surface area contributed by atoms with Crippen LogP contribution in [0.5, 0.6) is 0 Å². The molecule has 0 bridgehead atoms. The van der Waals surface area contributed by atoms with Gasteiger partial charge in [0.15, 0.2) is 0 Å². The summed E-state index contributed by atoms with van der Waals surface area (Å²) in [6.07, 6.45) is 2.42. The topological polar surface area (TPSA) is 26.0 Å². The Bertz CT molecular complexity index is 111. The number of terminal acetylenes is 1. The van der Waals surface area contributed by atoms with E-state index < -0.39 is 12.5 Å². The minimum Gasteiger partial charge on any atom is -0.327 e. The molecule has 0 aromatic rings. The fourth-order valence-electron chi connectivity index (χ4n) is 0.464. The summed E-state index contributed by atoms with van der Waals surface area (Å²) < 4.78 is 22.9. The van der Waals surface area contributed by atoms with Gasteiger partial charge in [0.2, 0.25) is 6.43 Å². The van der Waals surface area contributed by atoms with Crippen molar-refractivity contribution in [1.82, 2.24) is 0 Å². The van der Waals surface area contributed by atoms with Gasteiger partial charge in [0.05, 0.1) is 0 Å². The van der Waals surface area contributed by atoms with E-state index in [1.54, 1.807) is 0 Å². The maximum Gasteiger partial charge on any atom is 0.240 e. The van der Waals surface area contributed by atoms with Gasteiger partial charge in [-0.3, -0.25) is 0 Å². The third-order valence-corrected chi connectivity index (χ3v) is 0.861. The van der Waals surface area contributed by atoms with Crippen LogP contribution in [0.3, 0.4) is 0 Å². The van der Waals surface area contributed by atoms with Crippen molar-refractivity contribution in [3.8, 4) is 12.3 Å². The fourth-order valence-corrected chi connectivity index (χ4v) is 0.464. The summed E-state index contributed by atoms with van der Waals surface area (Å²) in [7, 11) is 0. The summed E-state index contributed by atoms with van der Waals surface area (Å²) >= 11 is 0. The Balaban J connectivity index is 0. The van der Waals surface area contributed by atoms with E-state index in [1.165, 1.54) is 0 Å². The predicted molar refractivity (Wildman–Crippen MR) is 39.3 cm³/mol. The van der Waals surface area contributed by atoms with Crippen molar-refractivity contribution in [2.45, 2.75) is 25.3 Å². The molecule has 0 saturated heterocycles. The van der Waals surface area contributed by atoms with Crippen molar-refractivity contribution in [3.63, 3.8) is 0 Å². The maximum atomic E-state index is 11.5. The van der Waals surface area contributed by atoms with Gasteiger partial charge in [-0.25, -0.2) is 8.78 Å². The first-order valence-electron chi connectivity index (χ1n) is 2.64. The van der Waals surface area contributed by atoms with E-state index in [4.69, 9.17) is 12.2 Å². The Kier molecular flexibility index (Phi) is 8.38. The second kappa shape index (κ2) is 6.79. The second-order valence-electron chi connectivity index (χ2n) is 1.80. The third-order valence-electron chi connectivity index (χ3n) is 0.861. The molecule has 0 radical (unpaired) electrons. The van der Waals surface area contributed by atoms with Crippen molar-refractivity contribution in [2.75, 3.05) is 0 Å². The van der Waals surface area contributed by atoms with Crippen LogP contribution in [0.4, 0.5) is 8.78 Å². The third kappa shape index (κ3) is 7.67. The highest BCUT2D eigenvalue weighted by Crippen LogP contribution is 2.03. The molecular weight excluding hydrogens is 160 g/mol. The van der Waals surface area contributed by atoms with Gasteiger partial charge in [-0.05, 0) is 0 Å². The molecule has 0 saturated carbocycles. The number of rotatable bonds is 3. The molecule has 0 rings (SSSR count). The normalized spacial score (nSPS) is 11.9. The first-order valence-corrected chi connectivity index (χ1v) is 2.64. The van der Waals surface area contributed by atoms with E-state index in [0.29, 0.717) is 0 Å². The number of halogens is 3. The molecule has 0 heterocycles. The molecule has 0 fully saturated rings. The van der Waals surface area contributed by atoms with Crippen molar-refractivity contribution in [2.24, 2.45) is 5.73 Å². The number of nitrogens with two attached hydrogens (primary N) is 1. The first kappa shape index (κ1) is 12.4. The predicted octanol–water partition coefficient (Wildman–Crippen LogP) is 1.41. The monoisotopic (exact) mass is 169 g/mol. The Morgan fingerprint density at radius 2 is 2.00 bits per heavy atom. The lowest BCUT2D eigenvalue weighted by molar-refractivity contribution is 0.129. The lowest BCUT2D eigenvalue weighted by Crippen LogP contribution is -2.21. The van der Waals surface area contributed by atoms with Gasteiger partial charge in [-0.15, -0.1) is 24.8 Å². The summed E-state index contributed by atoms with van der Waals surface area (Å²) in [6.45, 7) is 0. The highest BCUT2D eigenvalue weighted by atomic mass is 35.5. The first-order chi connectivity index (χ1) is 4.16. The molecule has 1 nitrogen and oxygen atoms in total. The number of hydrogen-bond acceptors (Lipinski definition) is 1. The summed E-state index contributed by atoms with van der Waals surface area (Å²) in [5.41, 5.74) is 5.16. The fraction of sp³-hybridized carbons (Fsp3) is 0.667. The van der Waals surface area contributed by atoms with Crippen LogP contribution in [0.15, 0.2) is 0 Å². The van der Waals surface area contributed by atoms with E-state index in [1.807, 2.05) is 0 Å². The van der Waals surface area contributed by atoms with E-state index >= 15 is 0 Å². The Morgan fingerprint density at radius 1 is 1.50 bits per heavy atom. The van der Waals surface area contributed by atoms with Crippen LogP contribution >= 0.6 is 12.4 Å². The second-order valence-corrected chi connectivity index (χ2v) is 1.80. The highest BCUT2D eigenvalue weighted by molar-refractivity contribution is 5.85. The Hall–Kier alpha value is -0.330. The van der Waals surface area contributed by atoms with Crippen molar-refractivity contribution < 1.29 is 8.78 Å². The van der Waals surface area contributed by atoms with Crippen LogP contribution in [0.25, 0.3) is 0 Å². The molecule has 0 aliphatic carbocycles. The van der Waals surface area contributed by atoms with Crippen LogP contribution in [0, 0.1) is 12.3 Å². The molecular formula is C6H10ClF2N. The largest absolute Gasteiger partial charge is 0.327 e. The molecule has 1 atom stereocenters. The van der Waals surface area contributed by atoms with Crippen LogP contribution in [0.1, 0.15) is 12.8 Å². The Morgan fingerprint density at radius 3 is 2.30 bits per heavy atom. The molecule has 60 valence electrons. The van der Waals surface area contributed by atoms with Gasteiger partial charge >= 0.3 is 0 Å². The van der Waals surface area contributed by atoms with Crippen LogP contribution in [-0.4, -0.2) is 12.5 Å². The lowest BCUT2D eigenvalue weighted by atomic mass is 10.2. The zero-order chi connectivity index (χ0) is 7.28. The average molecular weight is 170 g/mol. The average Bonchev–Trinajstić information content (AvgIpc) is 1.63. The molecule has 0 aliphatic rings. The van der Waals surface area contributed by atoms with Gasteiger partial charge in [-0.2, -0.15) is 0 Å². The summed E-state index contributed by atoms with van der Waals surface area (Å²) in [4.78, 5) is 0. The highest BCUT2D eigenvalue weighted by Gasteiger charge is 2.08. The summed E-state index contributed by atoms with van der Waals surface area (Å²) in [5, 5.41) is 0. The molecule has 0 aliphatic heterocycles. The van der Waals surface area contributed by atoms with E-state index in [2.05, 4.69) is 5.92 Å². The van der Waals surface area contributed by atoms with Crippen molar-refractivity contribution >= 4 is 12.4 Å². The minimum absolute atomic E-state index is 0. The van der Waals surface area contributed by atoms with Crippen molar-refractivity contribution in [3.05, 3.63) is 0 Å². The molecule has 0 aromatic heterocycles. The quantitative estimate of drug-likeness (QED) is 0.636. The zero-order valence-electron chi connectivity index (χ0n) is 5.39. The van der Waals surface area contributed by atoms with Crippen LogP contribution in [0.2, 0.25) is 0 Å². The molecule has 2 N–H and O–H groups in total. The van der Waals surface area contributed by atoms with E-state index in [-0.39, 0.29) is 25.2 Å². The van der Waals surface area contributed by atoms with Gasteiger partial charge in [0.1, 0.15) is 0 Å². The molecule has 1 unspecified atom stereocenters. The molecule has 10 heavy (non-hydrogen) atoms. The van der Waals surface area contributed by atoms with Gasteiger partial charge in [0, 0.05) is 18.9 Å². The zero-order valence-corrected chi connectivity index (χ0v) is 6.20. The molecule has 4 heteroatoms. The molecule has 0 amide bonds. The number of hydrogen-bond donors (Lipinski definition) is 1. The van der Waals surface area contributed by atoms with E-state index in [9.17, 15) is 8.78 Å². The number of alkyl halides is 2. The smallest absolute Gasteiger partial charge is 0.240 e. The molecule has 0 spiro atoms. The van der Waals surface area contributed by atoms with Crippen LogP contribution < -0.4 is 5.73 Å². The molecule has 0 aromatic carbocycles. The summed E-state index contributed by atoms with van der Waals surface area (Å²) in [6, 6.07) is -0.546. The minimum atomic E-state index is -2.34. The van der Waals surface area contributed by atoms with Crippen LogP contribution in [-0.2, 0) is 0 Å². The van der Waals surface area contributed by atoms with E-state index in [0.717, 1.165) is 0 Å². The Labute approximate surface area is 65.4 Å². The van der Waals surface area contributed by atoms with Gasteiger partial charge in [-0.1, -0.05) is 0 Å². The van der Waals surface area contributed by atoms with Gasteiger partial charge in [0.25, 0.3) is 0 Å². The van der Waals surface area contributed by atoms with Crippen molar-refractivity contribution in [1.29, 1.82) is 0 Å². The van der Waals surface area contributed by atoms with Gasteiger partial charge < -0.3 is 5.73 Å². The maximum absolute atomic E-state index is 11.5. The summed E-state index contributed by atoms with van der Waals surface area (Å²) in [5.74, 6) is 2.21. The standard InChI is InChI=1S/C6H9F2N.ClH/c1-2-3-5(9)4-6(7)8;/h1,5-6H,3-4,9H2;1H. The lowest BCUT2D eigenvalue weighted by Gasteiger charge is -2.04.